The number of hydrogen-bond donors (Lipinski definition) is 2. The molecule has 0 aliphatic heterocycles. The zero-order valence-electron chi connectivity index (χ0n) is 9.56. The molecular formula is C12H17NO2S. The van der Waals surface area contributed by atoms with Crippen molar-refractivity contribution in [3.8, 4) is 0 Å². The topological polar surface area (TPSA) is 49.3 Å². The second-order valence-electron chi connectivity index (χ2n) is 3.98. The first kappa shape index (κ1) is 13.1. The third-order valence-corrected chi connectivity index (χ3v) is 2.99. The van der Waals surface area contributed by atoms with E-state index in [1.807, 2.05) is 44.2 Å². The van der Waals surface area contributed by atoms with Crippen LogP contribution >= 0.6 is 11.8 Å². The fourth-order valence-electron chi connectivity index (χ4n) is 1.36. The number of hydrogen-bond acceptors (Lipinski definition) is 3. The lowest BCUT2D eigenvalue weighted by Gasteiger charge is -2.26. The molecule has 0 spiro atoms. The van der Waals surface area contributed by atoms with Gasteiger partial charge >= 0.3 is 0 Å². The molecule has 4 heteroatoms. The maximum absolute atomic E-state index is 11.5. The summed E-state index contributed by atoms with van der Waals surface area (Å²) in [4.78, 5) is 11.5. The number of thioether (sulfide) groups is 1. The van der Waals surface area contributed by atoms with Crippen LogP contribution in [0.5, 0.6) is 0 Å². The standard InChI is InChI=1S/C12H17NO2S/c1-12(2,10-6-4-3-5-7-10)13-11(15)16-9-8-14/h3-7,14H,8-9H2,1-2H3,(H,13,15). The van der Waals surface area contributed by atoms with Crippen LogP contribution in [-0.2, 0) is 5.54 Å². The molecule has 0 bridgehead atoms. The fraction of sp³-hybridized carbons (Fsp3) is 0.417. The van der Waals surface area contributed by atoms with E-state index in [0.29, 0.717) is 5.75 Å². The Morgan fingerprint density at radius 3 is 2.56 bits per heavy atom. The van der Waals surface area contributed by atoms with E-state index < -0.39 is 0 Å². The summed E-state index contributed by atoms with van der Waals surface area (Å²) in [5.41, 5.74) is 0.675. The van der Waals surface area contributed by atoms with E-state index in [0.717, 1.165) is 17.3 Å². The lowest BCUT2D eigenvalue weighted by molar-refractivity contribution is 0.251. The van der Waals surface area contributed by atoms with E-state index in [4.69, 9.17) is 5.11 Å². The predicted molar refractivity (Wildman–Crippen MR) is 67.5 cm³/mol. The van der Waals surface area contributed by atoms with Gasteiger partial charge < -0.3 is 10.4 Å². The Hall–Kier alpha value is -1.00. The molecule has 0 unspecified atom stereocenters. The van der Waals surface area contributed by atoms with E-state index in [2.05, 4.69) is 5.32 Å². The van der Waals surface area contributed by atoms with Gasteiger partial charge in [0.25, 0.3) is 5.24 Å². The first-order chi connectivity index (χ1) is 7.56. The van der Waals surface area contributed by atoms with Gasteiger partial charge in [0.1, 0.15) is 0 Å². The average molecular weight is 239 g/mol. The minimum Gasteiger partial charge on any atom is -0.396 e. The summed E-state index contributed by atoms with van der Waals surface area (Å²) < 4.78 is 0. The van der Waals surface area contributed by atoms with Gasteiger partial charge in [0.2, 0.25) is 0 Å². The van der Waals surface area contributed by atoms with Crippen molar-refractivity contribution in [2.75, 3.05) is 12.4 Å². The number of aliphatic hydroxyl groups is 1. The highest BCUT2D eigenvalue weighted by Gasteiger charge is 2.22. The van der Waals surface area contributed by atoms with Crippen molar-refractivity contribution in [2.24, 2.45) is 0 Å². The Morgan fingerprint density at radius 1 is 1.38 bits per heavy atom. The molecule has 3 nitrogen and oxygen atoms in total. The zero-order chi connectivity index (χ0) is 12.0. The molecule has 0 aliphatic rings. The van der Waals surface area contributed by atoms with Crippen molar-refractivity contribution in [2.45, 2.75) is 19.4 Å². The Bertz CT molecular complexity index is 338. The van der Waals surface area contributed by atoms with E-state index in [9.17, 15) is 4.79 Å². The van der Waals surface area contributed by atoms with Gasteiger partial charge in [0.15, 0.2) is 0 Å². The third-order valence-electron chi connectivity index (χ3n) is 2.23. The molecule has 16 heavy (non-hydrogen) atoms. The second-order valence-corrected chi connectivity index (χ2v) is 5.04. The zero-order valence-corrected chi connectivity index (χ0v) is 10.4. The molecule has 0 fully saturated rings. The van der Waals surface area contributed by atoms with Crippen LogP contribution in [0.1, 0.15) is 19.4 Å². The Kier molecular flexibility index (Phi) is 4.83. The van der Waals surface area contributed by atoms with Crippen molar-refractivity contribution in [1.82, 2.24) is 5.32 Å². The summed E-state index contributed by atoms with van der Waals surface area (Å²) in [6.45, 7) is 3.93. The molecule has 0 aromatic heterocycles. The number of nitrogens with one attached hydrogen (secondary N) is 1. The van der Waals surface area contributed by atoms with Crippen LogP contribution in [0, 0.1) is 0 Å². The van der Waals surface area contributed by atoms with Gasteiger partial charge in [0, 0.05) is 5.75 Å². The molecule has 0 saturated heterocycles. The Labute approximate surface area is 100 Å². The minimum absolute atomic E-state index is 0.0177. The second kappa shape index (κ2) is 5.92. The lowest BCUT2D eigenvalue weighted by atomic mass is 9.95. The van der Waals surface area contributed by atoms with E-state index >= 15 is 0 Å². The Balaban J connectivity index is 2.61. The molecular weight excluding hydrogens is 222 g/mol. The van der Waals surface area contributed by atoms with Crippen molar-refractivity contribution in [3.63, 3.8) is 0 Å². The first-order valence-electron chi connectivity index (χ1n) is 5.17. The summed E-state index contributed by atoms with van der Waals surface area (Å²) in [6.07, 6.45) is 0. The van der Waals surface area contributed by atoms with Gasteiger partial charge in [-0.1, -0.05) is 42.1 Å². The molecule has 0 atom stereocenters. The van der Waals surface area contributed by atoms with Crippen molar-refractivity contribution >= 4 is 17.0 Å². The van der Waals surface area contributed by atoms with Crippen LogP contribution in [0.15, 0.2) is 30.3 Å². The highest BCUT2D eigenvalue weighted by atomic mass is 32.2. The molecule has 88 valence electrons. The number of carbonyl (C=O) groups is 1. The van der Waals surface area contributed by atoms with Crippen molar-refractivity contribution in [1.29, 1.82) is 0 Å². The van der Waals surface area contributed by atoms with Gasteiger partial charge in [-0.25, -0.2) is 0 Å². The van der Waals surface area contributed by atoms with E-state index in [1.165, 1.54) is 0 Å². The number of carbonyl (C=O) groups excluding carboxylic acids is 1. The van der Waals surface area contributed by atoms with Gasteiger partial charge in [-0.2, -0.15) is 0 Å². The molecule has 1 aromatic rings. The van der Waals surface area contributed by atoms with Gasteiger partial charge in [-0.3, -0.25) is 4.79 Å². The summed E-state index contributed by atoms with van der Waals surface area (Å²) in [6, 6.07) is 9.81. The van der Waals surface area contributed by atoms with Crippen LogP contribution in [0.3, 0.4) is 0 Å². The summed E-state index contributed by atoms with van der Waals surface area (Å²) in [5.74, 6) is 0.427. The maximum atomic E-state index is 11.5. The number of amides is 1. The van der Waals surface area contributed by atoms with Gasteiger partial charge in [-0.15, -0.1) is 0 Å². The highest BCUT2D eigenvalue weighted by molar-refractivity contribution is 8.13. The van der Waals surface area contributed by atoms with Crippen molar-refractivity contribution in [3.05, 3.63) is 35.9 Å². The number of rotatable bonds is 4. The quantitative estimate of drug-likeness (QED) is 0.848. The normalized spacial score (nSPS) is 11.2. The van der Waals surface area contributed by atoms with Crippen LogP contribution in [0.25, 0.3) is 0 Å². The molecule has 1 aromatic carbocycles. The third kappa shape index (κ3) is 3.87. The molecule has 0 radical (unpaired) electrons. The molecule has 2 N–H and O–H groups in total. The maximum Gasteiger partial charge on any atom is 0.279 e. The summed E-state index contributed by atoms with van der Waals surface area (Å²) in [5, 5.41) is 11.4. The van der Waals surface area contributed by atoms with E-state index in [1.54, 1.807) is 0 Å². The summed E-state index contributed by atoms with van der Waals surface area (Å²) >= 11 is 1.10. The fourth-order valence-corrected chi connectivity index (χ4v) is 1.96. The van der Waals surface area contributed by atoms with Crippen LogP contribution in [0.2, 0.25) is 0 Å². The SMILES string of the molecule is CC(C)(NC(=O)SCCO)c1ccccc1. The lowest BCUT2D eigenvalue weighted by Crippen LogP contribution is -2.39. The van der Waals surface area contributed by atoms with Crippen molar-refractivity contribution < 1.29 is 9.90 Å². The van der Waals surface area contributed by atoms with Crippen LogP contribution < -0.4 is 5.32 Å². The minimum atomic E-state index is -0.388. The Morgan fingerprint density at radius 2 is 2.00 bits per heavy atom. The molecule has 0 saturated carbocycles. The van der Waals surface area contributed by atoms with Gasteiger partial charge in [-0.05, 0) is 19.4 Å². The molecule has 1 amide bonds. The van der Waals surface area contributed by atoms with Crippen LogP contribution in [0.4, 0.5) is 4.79 Å². The predicted octanol–water partition coefficient (Wildman–Crippen LogP) is 2.36. The monoisotopic (exact) mass is 239 g/mol. The van der Waals surface area contributed by atoms with E-state index in [-0.39, 0.29) is 17.4 Å². The molecule has 1 rings (SSSR count). The largest absolute Gasteiger partial charge is 0.396 e. The van der Waals surface area contributed by atoms with Crippen LogP contribution in [-0.4, -0.2) is 22.7 Å². The first-order valence-corrected chi connectivity index (χ1v) is 6.16. The molecule has 0 aliphatic carbocycles. The number of aliphatic hydroxyl groups excluding tert-OH is 1. The molecule has 0 heterocycles. The highest BCUT2D eigenvalue weighted by Crippen LogP contribution is 2.20. The number of benzene rings is 1. The smallest absolute Gasteiger partial charge is 0.279 e. The summed E-state index contributed by atoms with van der Waals surface area (Å²) in [7, 11) is 0. The average Bonchev–Trinajstić information content (AvgIpc) is 2.27. The van der Waals surface area contributed by atoms with Gasteiger partial charge in [0.05, 0.1) is 12.1 Å².